The highest BCUT2D eigenvalue weighted by Crippen LogP contribution is 2.27. The Labute approximate surface area is 153 Å². The van der Waals surface area contributed by atoms with Gasteiger partial charge in [0.25, 0.3) is 11.8 Å². The number of nitrogens with one attached hydrogen (secondary N) is 1. The molecule has 6 heteroatoms. The molecule has 6 nitrogen and oxygen atoms in total. The van der Waals surface area contributed by atoms with Crippen molar-refractivity contribution in [3.05, 3.63) is 60.1 Å². The van der Waals surface area contributed by atoms with Crippen LogP contribution in [0, 0.1) is 0 Å². The van der Waals surface area contributed by atoms with Gasteiger partial charge in [-0.2, -0.15) is 0 Å². The monoisotopic (exact) mass is 356 g/mol. The Morgan fingerprint density at radius 3 is 2.50 bits per heavy atom. The van der Waals surface area contributed by atoms with Gasteiger partial charge in [-0.05, 0) is 37.5 Å². The number of benzene rings is 1. The first-order valence-electron chi connectivity index (χ1n) is 8.81. The average Bonchev–Trinajstić information content (AvgIpc) is 3.22. The van der Waals surface area contributed by atoms with E-state index in [2.05, 4.69) is 5.32 Å². The van der Waals surface area contributed by atoms with E-state index in [1.165, 1.54) is 12.5 Å². The number of hydrogen-bond donors (Lipinski definition) is 1. The minimum absolute atomic E-state index is 0.0338. The summed E-state index contributed by atoms with van der Waals surface area (Å²) in [4.78, 5) is 26.9. The van der Waals surface area contributed by atoms with Crippen molar-refractivity contribution in [1.29, 1.82) is 0 Å². The minimum Gasteiger partial charge on any atom is -0.472 e. The molecule has 0 spiro atoms. The first kappa shape index (κ1) is 18.2. The van der Waals surface area contributed by atoms with Gasteiger partial charge in [0.2, 0.25) is 0 Å². The van der Waals surface area contributed by atoms with E-state index < -0.39 is 0 Å². The zero-order chi connectivity index (χ0) is 18.4. The Morgan fingerprint density at radius 2 is 1.88 bits per heavy atom. The van der Waals surface area contributed by atoms with Crippen molar-refractivity contribution in [2.75, 3.05) is 26.8 Å². The van der Waals surface area contributed by atoms with Crippen LogP contribution in [0.5, 0.6) is 0 Å². The van der Waals surface area contributed by atoms with Gasteiger partial charge in [0.1, 0.15) is 6.26 Å². The van der Waals surface area contributed by atoms with Crippen LogP contribution in [-0.2, 0) is 4.74 Å². The molecule has 0 unspecified atom stereocenters. The van der Waals surface area contributed by atoms with Gasteiger partial charge in [-0.3, -0.25) is 9.59 Å². The number of ether oxygens (including phenoxy) is 1. The summed E-state index contributed by atoms with van der Waals surface area (Å²) in [6.07, 6.45) is 5.07. The molecule has 0 atom stereocenters. The molecule has 2 aromatic rings. The predicted octanol–water partition coefficient (Wildman–Crippen LogP) is 2.72. The van der Waals surface area contributed by atoms with Gasteiger partial charge in [0, 0.05) is 37.9 Å². The molecule has 1 aromatic heterocycles. The van der Waals surface area contributed by atoms with Gasteiger partial charge in [0.05, 0.1) is 11.8 Å². The number of carbonyl (C=O) groups excluding carboxylic acids is 2. The number of furan rings is 1. The number of nitrogens with zero attached hydrogens (tertiary/aromatic N) is 1. The lowest BCUT2D eigenvalue weighted by Gasteiger charge is -2.42. The van der Waals surface area contributed by atoms with Crippen molar-refractivity contribution in [1.82, 2.24) is 10.2 Å². The van der Waals surface area contributed by atoms with E-state index in [0.717, 1.165) is 6.42 Å². The van der Waals surface area contributed by atoms with Crippen LogP contribution in [0.15, 0.2) is 53.3 Å². The van der Waals surface area contributed by atoms with E-state index in [0.29, 0.717) is 43.7 Å². The lowest BCUT2D eigenvalue weighted by Crippen LogP contribution is -2.56. The van der Waals surface area contributed by atoms with Crippen molar-refractivity contribution in [3.8, 4) is 0 Å². The van der Waals surface area contributed by atoms with Crippen LogP contribution in [0.1, 0.15) is 40.0 Å². The Balaban J connectivity index is 1.67. The summed E-state index contributed by atoms with van der Waals surface area (Å²) >= 11 is 0. The fraction of sp³-hybridized carbons (Fsp3) is 0.400. The third-order valence-corrected chi connectivity index (χ3v) is 4.98. The molecule has 26 heavy (non-hydrogen) atoms. The van der Waals surface area contributed by atoms with Gasteiger partial charge < -0.3 is 19.4 Å². The highest BCUT2D eigenvalue weighted by atomic mass is 16.5. The van der Waals surface area contributed by atoms with Crippen LogP contribution in [0.2, 0.25) is 0 Å². The van der Waals surface area contributed by atoms with Crippen LogP contribution in [0.3, 0.4) is 0 Å². The Kier molecular flexibility index (Phi) is 5.73. The highest BCUT2D eigenvalue weighted by molar-refractivity contribution is 5.95. The predicted molar refractivity (Wildman–Crippen MR) is 97.0 cm³/mol. The molecule has 0 bridgehead atoms. The summed E-state index contributed by atoms with van der Waals surface area (Å²) in [5.41, 5.74) is 0.833. The molecule has 1 N–H and O–H groups in total. The van der Waals surface area contributed by atoms with Gasteiger partial charge in [-0.25, -0.2) is 0 Å². The Hall–Kier alpha value is -2.60. The summed E-state index contributed by atoms with van der Waals surface area (Å²) in [6.45, 7) is 1.73. The minimum atomic E-state index is -0.365. The number of methoxy groups -OCH3 is 1. The first-order chi connectivity index (χ1) is 12.6. The summed E-state index contributed by atoms with van der Waals surface area (Å²) < 4.78 is 10.2. The molecule has 138 valence electrons. The van der Waals surface area contributed by atoms with E-state index in [4.69, 9.17) is 9.15 Å². The fourth-order valence-corrected chi connectivity index (χ4v) is 3.34. The van der Waals surface area contributed by atoms with Crippen molar-refractivity contribution in [2.45, 2.75) is 24.8 Å². The smallest absolute Gasteiger partial charge is 0.257 e. The second-order valence-corrected chi connectivity index (χ2v) is 6.65. The number of piperidine rings is 1. The van der Waals surface area contributed by atoms with Gasteiger partial charge in [0.15, 0.2) is 0 Å². The van der Waals surface area contributed by atoms with Crippen molar-refractivity contribution < 1.29 is 18.7 Å². The molecule has 2 amide bonds. The van der Waals surface area contributed by atoms with Crippen LogP contribution < -0.4 is 5.32 Å². The molecular formula is C20H24N2O4. The molecule has 0 saturated carbocycles. The zero-order valence-corrected chi connectivity index (χ0v) is 14.9. The number of rotatable bonds is 6. The number of amides is 2. The van der Waals surface area contributed by atoms with E-state index in [9.17, 15) is 9.59 Å². The van der Waals surface area contributed by atoms with E-state index in [1.54, 1.807) is 25.3 Å². The summed E-state index contributed by atoms with van der Waals surface area (Å²) in [7, 11) is 1.66. The molecule has 1 fully saturated rings. The van der Waals surface area contributed by atoms with Crippen LogP contribution in [0.4, 0.5) is 0 Å². The first-order valence-corrected chi connectivity index (χ1v) is 8.81. The molecule has 1 aromatic carbocycles. The summed E-state index contributed by atoms with van der Waals surface area (Å²) in [5, 5.41) is 3.20. The third kappa shape index (κ3) is 4.14. The fourth-order valence-electron chi connectivity index (χ4n) is 3.34. The Morgan fingerprint density at radius 1 is 1.15 bits per heavy atom. The standard InChI is InChI=1S/C20H24N2O4/c1-25-14-10-20(21-18(23)16-5-3-2-4-6-16)8-11-22(12-9-20)19(24)17-7-13-26-15-17/h2-7,13,15H,8-12,14H2,1H3,(H,21,23). The summed E-state index contributed by atoms with van der Waals surface area (Å²) in [5.74, 6) is -0.121. The molecule has 2 heterocycles. The molecule has 1 aliphatic heterocycles. The van der Waals surface area contributed by atoms with Gasteiger partial charge in [-0.1, -0.05) is 18.2 Å². The van der Waals surface area contributed by atoms with Crippen LogP contribution >= 0.6 is 0 Å². The van der Waals surface area contributed by atoms with E-state index in [1.807, 2.05) is 23.1 Å². The highest BCUT2D eigenvalue weighted by Gasteiger charge is 2.37. The van der Waals surface area contributed by atoms with Crippen LogP contribution in [0.25, 0.3) is 0 Å². The molecule has 0 aliphatic carbocycles. The normalized spacial score (nSPS) is 16.3. The van der Waals surface area contributed by atoms with Crippen molar-refractivity contribution in [3.63, 3.8) is 0 Å². The zero-order valence-electron chi connectivity index (χ0n) is 14.9. The van der Waals surface area contributed by atoms with Gasteiger partial charge in [-0.15, -0.1) is 0 Å². The quantitative estimate of drug-likeness (QED) is 0.864. The molecule has 0 radical (unpaired) electrons. The Bertz CT molecular complexity index is 720. The molecule has 1 aliphatic rings. The second-order valence-electron chi connectivity index (χ2n) is 6.65. The van der Waals surface area contributed by atoms with Crippen molar-refractivity contribution >= 4 is 11.8 Å². The number of carbonyl (C=O) groups is 2. The van der Waals surface area contributed by atoms with Crippen molar-refractivity contribution in [2.24, 2.45) is 0 Å². The topological polar surface area (TPSA) is 71.8 Å². The van der Waals surface area contributed by atoms with Gasteiger partial charge >= 0.3 is 0 Å². The maximum absolute atomic E-state index is 12.6. The SMILES string of the molecule is COCCC1(NC(=O)c2ccccc2)CCN(C(=O)c2ccoc2)CC1. The molecule has 3 rings (SSSR count). The molecular weight excluding hydrogens is 332 g/mol. The largest absolute Gasteiger partial charge is 0.472 e. The molecule has 1 saturated heterocycles. The van der Waals surface area contributed by atoms with E-state index in [-0.39, 0.29) is 17.4 Å². The third-order valence-electron chi connectivity index (χ3n) is 4.98. The maximum atomic E-state index is 12.6. The van der Waals surface area contributed by atoms with Crippen LogP contribution in [-0.4, -0.2) is 49.1 Å². The summed E-state index contributed by atoms with van der Waals surface area (Å²) in [6, 6.07) is 10.9. The van der Waals surface area contributed by atoms with E-state index >= 15 is 0 Å². The average molecular weight is 356 g/mol. The maximum Gasteiger partial charge on any atom is 0.257 e. The number of likely N-dealkylation sites (tertiary alicyclic amines) is 1. The number of hydrogen-bond acceptors (Lipinski definition) is 4. The lowest BCUT2D eigenvalue weighted by atomic mass is 9.84. The lowest BCUT2D eigenvalue weighted by molar-refractivity contribution is 0.0558. The second kappa shape index (κ2) is 8.19.